The van der Waals surface area contributed by atoms with Gasteiger partial charge in [0.2, 0.25) is 5.91 Å². The highest BCUT2D eigenvalue weighted by molar-refractivity contribution is 5.84. The largest absolute Gasteiger partial charge is 0.494 e. The van der Waals surface area contributed by atoms with Crippen molar-refractivity contribution in [3.05, 3.63) is 29.8 Å². The molecule has 1 amide bonds. The third kappa shape index (κ3) is 4.96. The molecule has 0 bridgehead atoms. The number of aliphatic carboxylic acids is 1. The molecule has 1 aliphatic rings. The van der Waals surface area contributed by atoms with Crippen LogP contribution >= 0.6 is 0 Å². The highest BCUT2D eigenvalue weighted by atomic mass is 16.5. The van der Waals surface area contributed by atoms with Crippen LogP contribution < -0.4 is 4.74 Å². The Morgan fingerprint density at radius 2 is 2.09 bits per heavy atom. The maximum Gasteiger partial charge on any atom is 0.328 e. The van der Waals surface area contributed by atoms with Gasteiger partial charge in [-0.15, -0.1) is 0 Å². The summed E-state index contributed by atoms with van der Waals surface area (Å²) in [6.07, 6.45) is 1.83. The molecule has 1 aromatic rings. The van der Waals surface area contributed by atoms with Gasteiger partial charge in [-0.25, -0.2) is 4.79 Å². The van der Waals surface area contributed by atoms with Crippen LogP contribution in [-0.4, -0.2) is 54.3 Å². The molecular weight excluding hydrogens is 298 g/mol. The quantitative estimate of drug-likeness (QED) is 0.827. The Hall–Kier alpha value is -2.08. The molecule has 1 atom stereocenters. The summed E-state index contributed by atoms with van der Waals surface area (Å²) in [4.78, 5) is 24.9. The molecule has 0 aromatic heterocycles. The van der Waals surface area contributed by atoms with E-state index in [1.165, 1.54) is 4.90 Å². The van der Waals surface area contributed by atoms with Gasteiger partial charge in [0.1, 0.15) is 5.75 Å². The number of morpholine rings is 1. The lowest BCUT2D eigenvalue weighted by Crippen LogP contribution is -2.52. The van der Waals surface area contributed by atoms with E-state index in [1.807, 2.05) is 24.3 Å². The molecule has 1 heterocycles. The Morgan fingerprint density at radius 1 is 1.35 bits per heavy atom. The fourth-order valence-electron chi connectivity index (χ4n) is 2.47. The third-order valence-corrected chi connectivity index (χ3v) is 3.76. The first-order valence-corrected chi connectivity index (χ1v) is 7.93. The van der Waals surface area contributed by atoms with E-state index in [-0.39, 0.29) is 12.5 Å². The predicted molar refractivity (Wildman–Crippen MR) is 84.5 cm³/mol. The lowest BCUT2D eigenvalue weighted by atomic mass is 10.1. The summed E-state index contributed by atoms with van der Waals surface area (Å²) < 4.78 is 10.7. The zero-order valence-corrected chi connectivity index (χ0v) is 13.4. The number of carboxylic acid groups (broad SMARTS) is 1. The number of rotatable bonds is 7. The molecule has 2 rings (SSSR count). The first kappa shape index (κ1) is 17.3. The summed E-state index contributed by atoms with van der Waals surface area (Å²) in [5.41, 5.74) is 1.03. The second-order valence-electron chi connectivity index (χ2n) is 5.51. The van der Waals surface area contributed by atoms with Gasteiger partial charge in [0.05, 0.1) is 19.8 Å². The Labute approximate surface area is 136 Å². The van der Waals surface area contributed by atoms with Gasteiger partial charge in [0, 0.05) is 13.0 Å². The number of carbonyl (C=O) groups excluding carboxylic acids is 1. The van der Waals surface area contributed by atoms with Crippen molar-refractivity contribution in [3.63, 3.8) is 0 Å². The van der Waals surface area contributed by atoms with Crippen LogP contribution in [0.2, 0.25) is 0 Å². The van der Waals surface area contributed by atoms with Gasteiger partial charge in [-0.1, -0.05) is 19.1 Å². The Morgan fingerprint density at radius 3 is 2.74 bits per heavy atom. The summed E-state index contributed by atoms with van der Waals surface area (Å²) in [5.74, 6) is -0.344. The zero-order chi connectivity index (χ0) is 16.7. The fraction of sp³-hybridized carbons (Fsp3) is 0.529. The van der Waals surface area contributed by atoms with Crippen molar-refractivity contribution in [2.24, 2.45) is 0 Å². The number of carboxylic acids is 1. The van der Waals surface area contributed by atoms with Crippen LogP contribution in [-0.2, 0) is 20.7 Å². The molecule has 23 heavy (non-hydrogen) atoms. The first-order chi connectivity index (χ1) is 11.1. The van der Waals surface area contributed by atoms with E-state index in [9.17, 15) is 9.59 Å². The van der Waals surface area contributed by atoms with Crippen molar-refractivity contribution >= 4 is 11.9 Å². The number of amides is 1. The summed E-state index contributed by atoms with van der Waals surface area (Å²) >= 11 is 0. The molecular formula is C17H23NO5. The van der Waals surface area contributed by atoms with Crippen molar-refractivity contribution in [3.8, 4) is 5.75 Å². The monoisotopic (exact) mass is 321 g/mol. The first-order valence-electron chi connectivity index (χ1n) is 7.93. The van der Waals surface area contributed by atoms with Gasteiger partial charge in [-0.2, -0.15) is 0 Å². The molecule has 1 aromatic carbocycles. The van der Waals surface area contributed by atoms with E-state index in [2.05, 4.69) is 6.92 Å². The Balaban J connectivity index is 1.86. The van der Waals surface area contributed by atoms with E-state index >= 15 is 0 Å². The molecule has 0 spiro atoms. The number of aryl methyl sites for hydroxylation is 1. The van der Waals surface area contributed by atoms with Crippen molar-refractivity contribution in [2.45, 2.75) is 32.2 Å². The van der Waals surface area contributed by atoms with Crippen molar-refractivity contribution in [2.75, 3.05) is 26.4 Å². The van der Waals surface area contributed by atoms with Crippen LogP contribution in [0.1, 0.15) is 25.3 Å². The van der Waals surface area contributed by atoms with Crippen LogP contribution in [0.3, 0.4) is 0 Å². The summed E-state index contributed by atoms with van der Waals surface area (Å²) in [6, 6.07) is 6.79. The van der Waals surface area contributed by atoms with Gasteiger partial charge in [0.15, 0.2) is 6.04 Å². The Kier molecular flexibility index (Phi) is 6.40. The molecule has 1 N–H and O–H groups in total. The van der Waals surface area contributed by atoms with E-state index in [0.29, 0.717) is 32.6 Å². The number of hydrogen-bond donors (Lipinski definition) is 1. The van der Waals surface area contributed by atoms with E-state index < -0.39 is 12.0 Å². The minimum Gasteiger partial charge on any atom is -0.494 e. The predicted octanol–water partition coefficient (Wildman–Crippen LogP) is 1.72. The minimum atomic E-state index is -1.02. The fourth-order valence-corrected chi connectivity index (χ4v) is 2.47. The highest BCUT2D eigenvalue weighted by Gasteiger charge is 2.32. The standard InChI is InChI=1S/C17H23NO5/c1-2-10-23-14-6-3-13(4-7-14)5-8-16(19)18-9-11-22-12-15(18)17(20)21/h3-4,6-7,15H,2,5,8-12H2,1H3,(H,20,21)/t15-/m1/s1. The lowest BCUT2D eigenvalue weighted by molar-refractivity contribution is -0.158. The molecule has 1 fully saturated rings. The summed E-state index contributed by atoms with van der Waals surface area (Å²) in [7, 11) is 0. The smallest absolute Gasteiger partial charge is 0.328 e. The van der Waals surface area contributed by atoms with Crippen molar-refractivity contribution < 1.29 is 24.2 Å². The van der Waals surface area contributed by atoms with Gasteiger partial charge in [0.25, 0.3) is 0 Å². The number of carbonyl (C=O) groups is 2. The molecule has 1 aliphatic heterocycles. The van der Waals surface area contributed by atoms with Crippen LogP contribution in [0.15, 0.2) is 24.3 Å². The van der Waals surface area contributed by atoms with Crippen molar-refractivity contribution in [1.82, 2.24) is 4.90 Å². The lowest BCUT2D eigenvalue weighted by Gasteiger charge is -2.32. The van der Waals surface area contributed by atoms with Crippen LogP contribution in [0, 0.1) is 0 Å². The van der Waals surface area contributed by atoms with Crippen LogP contribution in [0.5, 0.6) is 5.75 Å². The number of hydrogen-bond acceptors (Lipinski definition) is 4. The molecule has 1 saturated heterocycles. The Bertz CT molecular complexity index is 528. The second kappa shape index (κ2) is 8.53. The number of nitrogens with zero attached hydrogens (tertiary/aromatic N) is 1. The third-order valence-electron chi connectivity index (χ3n) is 3.76. The molecule has 0 unspecified atom stereocenters. The van der Waals surface area contributed by atoms with Crippen LogP contribution in [0.25, 0.3) is 0 Å². The molecule has 6 heteroatoms. The molecule has 0 radical (unpaired) electrons. The molecule has 0 aliphatic carbocycles. The maximum atomic E-state index is 12.3. The summed E-state index contributed by atoms with van der Waals surface area (Å²) in [6.45, 7) is 3.52. The van der Waals surface area contributed by atoms with Gasteiger partial charge < -0.3 is 19.5 Å². The van der Waals surface area contributed by atoms with Gasteiger partial charge >= 0.3 is 5.97 Å². The zero-order valence-electron chi connectivity index (χ0n) is 13.4. The second-order valence-corrected chi connectivity index (χ2v) is 5.51. The average molecular weight is 321 g/mol. The van der Waals surface area contributed by atoms with E-state index in [4.69, 9.17) is 14.6 Å². The average Bonchev–Trinajstić information content (AvgIpc) is 2.58. The number of ether oxygens (including phenoxy) is 2. The molecule has 126 valence electrons. The molecule has 6 nitrogen and oxygen atoms in total. The van der Waals surface area contributed by atoms with Gasteiger partial charge in [-0.3, -0.25) is 4.79 Å². The van der Waals surface area contributed by atoms with E-state index in [0.717, 1.165) is 17.7 Å². The highest BCUT2D eigenvalue weighted by Crippen LogP contribution is 2.15. The normalized spacial score (nSPS) is 17.8. The molecule has 0 saturated carbocycles. The number of benzene rings is 1. The summed E-state index contributed by atoms with van der Waals surface area (Å²) in [5, 5.41) is 9.16. The van der Waals surface area contributed by atoms with Gasteiger partial charge in [-0.05, 0) is 30.5 Å². The van der Waals surface area contributed by atoms with Crippen LogP contribution in [0.4, 0.5) is 0 Å². The topological polar surface area (TPSA) is 76.1 Å². The van der Waals surface area contributed by atoms with Crippen molar-refractivity contribution in [1.29, 1.82) is 0 Å². The maximum absolute atomic E-state index is 12.3. The SMILES string of the molecule is CCCOc1ccc(CCC(=O)N2CCOC[C@@H]2C(=O)O)cc1. The minimum absolute atomic E-state index is 0.0601. The van der Waals surface area contributed by atoms with E-state index in [1.54, 1.807) is 0 Å².